The van der Waals surface area contributed by atoms with E-state index in [-0.39, 0.29) is 0 Å². The summed E-state index contributed by atoms with van der Waals surface area (Å²) in [4.78, 5) is 0. The van der Waals surface area contributed by atoms with E-state index >= 15 is 0 Å². The topological polar surface area (TPSA) is 12.0 Å². The van der Waals surface area contributed by atoms with Crippen LogP contribution in [0.5, 0.6) is 0 Å². The summed E-state index contributed by atoms with van der Waals surface area (Å²) in [5.74, 6) is 0.835. The van der Waals surface area contributed by atoms with Crippen LogP contribution in [0.2, 0.25) is 0 Å². The molecule has 1 saturated carbocycles. The van der Waals surface area contributed by atoms with Gasteiger partial charge in [0.2, 0.25) is 0 Å². The average molecular weight is 265 g/mol. The molecule has 0 aliphatic heterocycles. The zero-order valence-electron chi connectivity index (χ0n) is 11.9. The second-order valence-electron chi connectivity index (χ2n) is 6.36. The van der Waals surface area contributed by atoms with Crippen LogP contribution in [0, 0.1) is 11.3 Å². The highest BCUT2D eigenvalue weighted by Crippen LogP contribution is 2.42. The highest BCUT2D eigenvalue weighted by atomic mass is 32.1. The predicted octanol–water partition coefficient (Wildman–Crippen LogP) is 4.49. The Hall–Kier alpha value is -0.340. The predicted molar refractivity (Wildman–Crippen MR) is 81.2 cm³/mol. The van der Waals surface area contributed by atoms with E-state index in [4.69, 9.17) is 0 Å². The molecule has 0 bridgehead atoms. The van der Waals surface area contributed by atoms with Gasteiger partial charge in [0.25, 0.3) is 0 Å². The molecular weight excluding hydrogens is 238 g/mol. The molecule has 1 heterocycles. The van der Waals surface area contributed by atoms with Crippen molar-refractivity contribution >= 4 is 11.3 Å². The summed E-state index contributed by atoms with van der Waals surface area (Å²) in [5, 5.41) is 8.15. The summed E-state index contributed by atoms with van der Waals surface area (Å²) in [6, 6.07) is 2.24. The van der Waals surface area contributed by atoms with Crippen molar-refractivity contribution in [1.82, 2.24) is 5.32 Å². The fourth-order valence-electron chi connectivity index (χ4n) is 3.47. The van der Waals surface area contributed by atoms with Crippen LogP contribution in [0.25, 0.3) is 0 Å². The Morgan fingerprint density at radius 2 is 2.11 bits per heavy atom. The molecule has 0 unspecified atom stereocenters. The van der Waals surface area contributed by atoms with Crippen molar-refractivity contribution in [3.63, 3.8) is 0 Å². The van der Waals surface area contributed by atoms with Gasteiger partial charge in [-0.15, -0.1) is 0 Å². The van der Waals surface area contributed by atoms with Crippen LogP contribution in [-0.2, 0) is 6.42 Å². The van der Waals surface area contributed by atoms with Crippen molar-refractivity contribution in [1.29, 1.82) is 0 Å². The smallest absolute Gasteiger partial charge is 0.000803 e. The standard InChI is InChI=1S/C16H27NS/c1-14(2)11-16(7-3-4-8-16)13-17-9-5-15-6-10-18-12-15/h6,10,12,14,17H,3-5,7-9,11,13H2,1-2H3. The fourth-order valence-corrected chi connectivity index (χ4v) is 4.17. The third-order valence-electron chi connectivity index (χ3n) is 4.18. The summed E-state index contributed by atoms with van der Waals surface area (Å²) in [6.07, 6.45) is 8.35. The maximum atomic E-state index is 3.72. The van der Waals surface area contributed by atoms with E-state index in [0.717, 1.165) is 12.5 Å². The van der Waals surface area contributed by atoms with Crippen LogP contribution < -0.4 is 5.32 Å². The first-order valence-corrected chi connectivity index (χ1v) is 8.36. The minimum atomic E-state index is 0.614. The lowest BCUT2D eigenvalue weighted by atomic mass is 9.78. The summed E-state index contributed by atoms with van der Waals surface area (Å²) < 4.78 is 0. The van der Waals surface area contributed by atoms with E-state index < -0.39 is 0 Å². The van der Waals surface area contributed by atoms with Crippen LogP contribution in [0.15, 0.2) is 16.8 Å². The molecule has 1 aliphatic rings. The molecular formula is C16H27NS. The number of nitrogens with one attached hydrogen (secondary N) is 1. The highest BCUT2D eigenvalue weighted by molar-refractivity contribution is 7.07. The molecule has 0 saturated heterocycles. The molecule has 1 aromatic rings. The lowest BCUT2D eigenvalue weighted by molar-refractivity contribution is 0.225. The second kappa shape index (κ2) is 6.72. The van der Waals surface area contributed by atoms with Crippen LogP contribution >= 0.6 is 11.3 Å². The lowest BCUT2D eigenvalue weighted by Crippen LogP contribution is -2.34. The van der Waals surface area contributed by atoms with Gasteiger partial charge in [0.1, 0.15) is 0 Å². The molecule has 1 aliphatic carbocycles. The Balaban J connectivity index is 1.72. The van der Waals surface area contributed by atoms with Gasteiger partial charge >= 0.3 is 0 Å². The summed E-state index contributed by atoms with van der Waals surface area (Å²) in [5.41, 5.74) is 2.10. The molecule has 0 spiro atoms. The van der Waals surface area contributed by atoms with Gasteiger partial charge in [0, 0.05) is 6.54 Å². The van der Waals surface area contributed by atoms with Gasteiger partial charge in [-0.1, -0.05) is 26.7 Å². The molecule has 18 heavy (non-hydrogen) atoms. The van der Waals surface area contributed by atoms with Gasteiger partial charge in [0.15, 0.2) is 0 Å². The Kier molecular flexibility index (Phi) is 5.25. The van der Waals surface area contributed by atoms with Crippen LogP contribution in [-0.4, -0.2) is 13.1 Å². The molecule has 0 radical (unpaired) electrons. The highest BCUT2D eigenvalue weighted by Gasteiger charge is 2.33. The third kappa shape index (κ3) is 4.10. The van der Waals surface area contributed by atoms with Crippen molar-refractivity contribution in [2.24, 2.45) is 11.3 Å². The lowest BCUT2D eigenvalue weighted by Gasteiger charge is -2.31. The number of thiophene rings is 1. The minimum Gasteiger partial charge on any atom is -0.316 e. The Morgan fingerprint density at radius 3 is 2.72 bits per heavy atom. The maximum absolute atomic E-state index is 3.72. The molecule has 1 N–H and O–H groups in total. The van der Waals surface area contributed by atoms with Crippen molar-refractivity contribution in [2.75, 3.05) is 13.1 Å². The molecule has 0 atom stereocenters. The monoisotopic (exact) mass is 265 g/mol. The fraction of sp³-hybridized carbons (Fsp3) is 0.750. The zero-order chi connectivity index (χ0) is 12.8. The minimum absolute atomic E-state index is 0.614. The third-order valence-corrected chi connectivity index (χ3v) is 4.91. The first-order chi connectivity index (χ1) is 8.70. The molecule has 2 rings (SSSR count). The van der Waals surface area contributed by atoms with E-state index in [1.165, 1.54) is 50.6 Å². The Morgan fingerprint density at radius 1 is 1.33 bits per heavy atom. The molecule has 102 valence electrons. The van der Waals surface area contributed by atoms with Gasteiger partial charge in [-0.05, 0) is 66.0 Å². The summed E-state index contributed by atoms with van der Waals surface area (Å²) in [6.45, 7) is 7.10. The first kappa shape index (κ1) is 14.1. The quantitative estimate of drug-likeness (QED) is 0.716. The van der Waals surface area contributed by atoms with Crippen molar-refractivity contribution in [3.05, 3.63) is 22.4 Å². The molecule has 2 heteroatoms. The first-order valence-electron chi connectivity index (χ1n) is 7.42. The van der Waals surface area contributed by atoms with Gasteiger partial charge < -0.3 is 5.32 Å². The molecule has 1 aromatic heterocycles. The Bertz CT molecular complexity index is 323. The van der Waals surface area contributed by atoms with Gasteiger partial charge in [-0.3, -0.25) is 0 Å². The van der Waals surface area contributed by atoms with Crippen LogP contribution in [0.4, 0.5) is 0 Å². The number of rotatable bonds is 7. The maximum Gasteiger partial charge on any atom is 0.000803 e. The van der Waals surface area contributed by atoms with Crippen LogP contribution in [0.3, 0.4) is 0 Å². The summed E-state index contributed by atoms with van der Waals surface area (Å²) >= 11 is 1.80. The van der Waals surface area contributed by atoms with Gasteiger partial charge in [0.05, 0.1) is 0 Å². The van der Waals surface area contributed by atoms with E-state index in [0.29, 0.717) is 5.41 Å². The number of hydrogen-bond acceptors (Lipinski definition) is 2. The molecule has 0 aromatic carbocycles. The van der Waals surface area contributed by atoms with Gasteiger partial charge in [-0.25, -0.2) is 0 Å². The Labute approximate surface area is 116 Å². The normalized spacial score (nSPS) is 18.6. The van der Waals surface area contributed by atoms with Crippen molar-refractivity contribution < 1.29 is 0 Å². The summed E-state index contributed by atoms with van der Waals surface area (Å²) in [7, 11) is 0. The molecule has 1 fully saturated rings. The van der Waals surface area contributed by atoms with Gasteiger partial charge in [-0.2, -0.15) is 11.3 Å². The van der Waals surface area contributed by atoms with E-state index in [9.17, 15) is 0 Å². The molecule has 1 nitrogen and oxygen atoms in total. The van der Waals surface area contributed by atoms with Crippen molar-refractivity contribution in [2.45, 2.75) is 52.4 Å². The van der Waals surface area contributed by atoms with E-state index in [1.54, 1.807) is 11.3 Å². The second-order valence-corrected chi connectivity index (χ2v) is 7.14. The number of hydrogen-bond donors (Lipinski definition) is 1. The van der Waals surface area contributed by atoms with Crippen LogP contribution in [0.1, 0.15) is 51.5 Å². The van der Waals surface area contributed by atoms with Crippen molar-refractivity contribution in [3.8, 4) is 0 Å². The average Bonchev–Trinajstić information content (AvgIpc) is 2.95. The zero-order valence-corrected chi connectivity index (χ0v) is 12.7. The molecule has 0 amide bonds. The van der Waals surface area contributed by atoms with E-state index in [1.807, 2.05) is 0 Å². The largest absolute Gasteiger partial charge is 0.316 e. The SMILES string of the molecule is CC(C)CC1(CNCCc2ccsc2)CCCC1. The van der Waals surface area contributed by atoms with E-state index in [2.05, 4.69) is 36.0 Å².